The van der Waals surface area contributed by atoms with Gasteiger partial charge in [-0.25, -0.2) is 9.97 Å². The maximum absolute atomic E-state index is 5.84. The van der Waals surface area contributed by atoms with Crippen molar-refractivity contribution in [3.63, 3.8) is 0 Å². The maximum atomic E-state index is 5.84. The second kappa shape index (κ2) is 2.98. The molecule has 0 unspecified atom stereocenters. The van der Waals surface area contributed by atoms with E-state index in [1.54, 1.807) is 0 Å². The fraction of sp³-hybridized carbons (Fsp3) is 0. The first-order valence-corrected chi connectivity index (χ1v) is 5.87. The molecule has 0 fully saturated rings. The minimum absolute atomic E-state index is 0.0390. The standard InChI is InChI=1S/C7H4ClIN2/c8-7-5-3-9-2-1-6(5)10-4-11-7/h1-4H. The predicted octanol–water partition coefficient (Wildman–Crippen LogP) is 0.435. The Morgan fingerprint density at radius 1 is 1.36 bits per heavy atom. The van der Waals surface area contributed by atoms with Crippen molar-refractivity contribution in [2.24, 2.45) is 0 Å². The van der Waals surface area contributed by atoms with E-state index in [2.05, 4.69) is 18.1 Å². The van der Waals surface area contributed by atoms with Crippen molar-refractivity contribution in [3.05, 3.63) is 22.0 Å². The number of rotatable bonds is 0. The first-order valence-electron chi connectivity index (χ1n) is 3.00. The number of hydrogen-bond donors (Lipinski definition) is 0. The van der Waals surface area contributed by atoms with Crippen LogP contribution in [0.4, 0.5) is 0 Å². The fourth-order valence-corrected chi connectivity index (χ4v) is 2.92. The van der Waals surface area contributed by atoms with Crippen molar-refractivity contribution in [1.29, 1.82) is 0 Å². The molecule has 1 aliphatic heterocycles. The molecule has 0 saturated carbocycles. The molecule has 4 heteroatoms. The molecule has 1 aromatic heterocycles. The lowest BCUT2D eigenvalue weighted by Crippen LogP contribution is -2.30. The highest BCUT2D eigenvalue weighted by Gasteiger charge is 1.95. The maximum Gasteiger partial charge on any atom is 0.140 e. The molecule has 0 spiro atoms. The van der Waals surface area contributed by atoms with Crippen LogP contribution in [-0.2, 0) is 0 Å². The molecule has 0 N–H and O–H groups in total. The van der Waals surface area contributed by atoms with Gasteiger partial charge in [-0.1, -0.05) is 32.3 Å². The molecule has 1 aliphatic rings. The second-order valence-electron chi connectivity index (χ2n) is 1.99. The van der Waals surface area contributed by atoms with E-state index in [1.807, 2.05) is 6.08 Å². The quantitative estimate of drug-likeness (QED) is 0.508. The number of halogens is 2. The van der Waals surface area contributed by atoms with Gasteiger partial charge in [0.2, 0.25) is 0 Å². The average molecular weight is 278 g/mol. The van der Waals surface area contributed by atoms with Crippen LogP contribution in [0, 0.1) is 0 Å². The molecule has 0 aromatic carbocycles. The lowest BCUT2D eigenvalue weighted by Gasteiger charge is -1.93. The summed E-state index contributed by atoms with van der Waals surface area (Å²) in [5.41, 5.74) is 0. The third kappa shape index (κ3) is 1.35. The Morgan fingerprint density at radius 3 is 3.09 bits per heavy atom. The average Bonchev–Trinajstić information content (AvgIpc) is 2.06. The van der Waals surface area contributed by atoms with Gasteiger partial charge < -0.3 is 0 Å². The van der Waals surface area contributed by atoms with Gasteiger partial charge in [0.25, 0.3) is 0 Å². The number of nitrogens with zero attached hydrogens (tertiary/aromatic N) is 2. The molecule has 56 valence electrons. The summed E-state index contributed by atoms with van der Waals surface area (Å²) in [7, 11) is 0. The lowest BCUT2D eigenvalue weighted by molar-refractivity contribution is 1.10. The minimum atomic E-state index is 0.0390. The van der Waals surface area contributed by atoms with Crippen LogP contribution >= 0.6 is 32.3 Å². The van der Waals surface area contributed by atoms with E-state index < -0.39 is 0 Å². The van der Waals surface area contributed by atoms with Gasteiger partial charge in [-0.3, -0.25) is 0 Å². The van der Waals surface area contributed by atoms with Crippen LogP contribution in [0.2, 0.25) is 5.15 Å². The van der Waals surface area contributed by atoms with E-state index in [9.17, 15) is 0 Å². The Labute approximate surface area is 78.4 Å². The summed E-state index contributed by atoms with van der Waals surface area (Å²) in [4.78, 5) is 7.98. The van der Waals surface area contributed by atoms with E-state index in [4.69, 9.17) is 11.6 Å². The van der Waals surface area contributed by atoms with Crippen molar-refractivity contribution in [1.82, 2.24) is 9.97 Å². The van der Waals surface area contributed by atoms with Crippen molar-refractivity contribution < 1.29 is 0 Å². The number of fused-ring (bicyclic) bond motifs is 1. The topological polar surface area (TPSA) is 25.8 Å². The Bertz CT molecular complexity index is 425. The molecule has 11 heavy (non-hydrogen) atoms. The van der Waals surface area contributed by atoms with Gasteiger partial charge in [0.1, 0.15) is 11.5 Å². The summed E-state index contributed by atoms with van der Waals surface area (Å²) < 4.78 is 4.29. The van der Waals surface area contributed by atoms with Crippen molar-refractivity contribution in [3.8, 4) is 0 Å². The van der Waals surface area contributed by atoms with Gasteiger partial charge in [0, 0.05) is 5.22 Å². The van der Waals surface area contributed by atoms with E-state index in [-0.39, 0.29) is 20.7 Å². The highest BCUT2D eigenvalue weighted by Crippen LogP contribution is 2.00. The summed E-state index contributed by atoms with van der Waals surface area (Å²) in [5.74, 6) is 0. The van der Waals surface area contributed by atoms with Crippen LogP contribution in [0.15, 0.2) is 6.33 Å². The third-order valence-corrected chi connectivity index (χ3v) is 3.39. The molecule has 2 rings (SSSR count). The Kier molecular flexibility index (Phi) is 2.00. The van der Waals surface area contributed by atoms with Crippen LogP contribution in [0.25, 0.3) is 10.2 Å². The van der Waals surface area contributed by atoms with Crippen molar-refractivity contribution in [2.75, 3.05) is 0 Å². The molecular formula is C7H4ClIN2. The van der Waals surface area contributed by atoms with E-state index in [0.29, 0.717) is 5.15 Å². The Morgan fingerprint density at radius 2 is 2.27 bits per heavy atom. The molecule has 0 saturated heterocycles. The normalized spacial score (nSPS) is 13.9. The fourth-order valence-electron chi connectivity index (χ4n) is 0.816. The summed E-state index contributed by atoms with van der Waals surface area (Å²) in [5, 5.41) is 2.51. The van der Waals surface area contributed by atoms with E-state index in [0.717, 1.165) is 10.6 Å². The SMILES string of the molecule is Clc1ncnc2c1=CI=CC=2. The molecule has 2 nitrogen and oxygen atoms in total. The summed E-state index contributed by atoms with van der Waals surface area (Å²) in [6.45, 7) is 0. The van der Waals surface area contributed by atoms with Crippen LogP contribution in [0.5, 0.6) is 0 Å². The van der Waals surface area contributed by atoms with Gasteiger partial charge in [0.05, 0.1) is 5.35 Å². The number of aromatic nitrogens is 2. The third-order valence-electron chi connectivity index (χ3n) is 1.33. The largest absolute Gasteiger partial charge is 0.236 e. The molecule has 1 aromatic rings. The smallest absolute Gasteiger partial charge is 0.140 e. The van der Waals surface area contributed by atoms with Crippen LogP contribution in [0.1, 0.15) is 0 Å². The van der Waals surface area contributed by atoms with Crippen molar-refractivity contribution in [2.45, 2.75) is 0 Å². The monoisotopic (exact) mass is 278 g/mol. The van der Waals surface area contributed by atoms with Crippen LogP contribution in [0.3, 0.4) is 0 Å². The Balaban J connectivity index is 2.95. The van der Waals surface area contributed by atoms with Crippen LogP contribution in [-0.4, -0.2) is 14.0 Å². The number of hydrogen-bond acceptors (Lipinski definition) is 2. The minimum Gasteiger partial charge on any atom is -0.236 e. The zero-order chi connectivity index (χ0) is 7.68. The summed E-state index contributed by atoms with van der Waals surface area (Å²) in [6.07, 6.45) is 3.50. The van der Waals surface area contributed by atoms with Crippen LogP contribution < -0.4 is 10.6 Å². The zero-order valence-corrected chi connectivity index (χ0v) is 8.37. The zero-order valence-electron chi connectivity index (χ0n) is 5.46. The molecule has 0 amide bonds. The predicted molar refractivity (Wildman–Crippen MR) is 55.3 cm³/mol. The van der Waals surface area contributed by atoms with E-state index in [1.165, 1.54) is 6.33 Å². The Hall–Kier alpha value is -0.290. The first-order chi connectivity index (χ1) is 5.38. The van der Waals surface area contributed by atoms with E-state index >= 15 is 0 Å². The first kappa shape index (κ1) is 7.36. The van der Waals surface area contributed by atoms with Gasteiger partial charge in [-0.05, 0) is 14.2 Å². The summed E-state index contributed by atoms with van der Waals surface area (Å²) in [6, 6.07) is 0. The second-order valence-corrected chi connectivity index (χ2v) is 4.41. The lowest BCUT2D eigenvalue weighted by atomic mass is 10.4. The van der Waals surface area contributed by atoms with Crippen molar-refractivity contribution >= 4 is 46.5 Å². The van der Waals surface area contributed by atoms with Gasteiger partial charge in [-0.2, -0.15) is 0 Å². The van der Waals surface area contributed by atoms with Gasteiger partial charge >= 0.3 is 0 Å². The van der Waals surface area contributed by atoms with Gasteiger partial charge in [-0.15, -0.1) is 0 Å². The van der Waals surface area contributed by atoms with Gasteiger partial charge in [0.15, 0.2) is 0 Å². The molecule has 0 atom stereocenters. The highest BCUT2D eigenvalue weighted by atomic mass is 127. The highest BCUT2D eigenvalue weighted by molar-refractivity contribution is 14.2. The molecule has 0 radical (unpaired) electrons. The molecular weight excluding hydrogens is 274 g/mol. The summed E-state index contributed by atoms with van der Waals surface area (Å²) >= 11 is 5.88. The molecule has 2 heterocycles. The molecule has 0 aliphatic carbocycles. The molecule has 0 bridgehead atoms.